The summed E-state index contributed by atoms with van der Waals surface area (Å²) in [6.45, 7) is 0. The number of aliphatic hydroxyl groups is 1. The first-order valence-electron chi connectivity index (χ1n) is 6.02. The molecule has 1 saturated carbocycles. The Hall–Kier alpha value is -1.67. The van der Waals surface area contributed by atoms with Crippen LogP contribution in [0.1, 0.15) is 41.6 Å². The van der Waals surface area contributed by atoms with E-state index in [-0.39, 0.29) is 0 Å². The first-order valence-corrected chi connectivity index (χ1v) is 6.02. The van der Waals surface area contributed by atoms with Gasteiger partial charge in [0, 0.05) is 18.0 Å². The number of aromatic nitrogens is 1. The minimum absolute atomic E-state index is 0.567. The molecule has 17 heavy (non-hydrogen) atoms. The lowest BCUT2D eigenvalue weighted by molar-refractivity contribution is 0.220. The molecule has 0 spiro atoms. The second-order valence-corrected chi connectivity index (χ2v) is 4.63. The highest BCUT2D eigenvalue weighted by Gasteiger charge is 2.24. The van der Waals surface area contributed by atoms with Gasteiger partial charge in [0.2, 0.25) is 0 Å². The molecule has 1 aliphatic rings. The number of nitrogens with zero attached hydrogens (tertiary/aromatic N) is 1. The van der Waals surface area contributed by atoms with Crippen molar-refractivity contribution >= 4 is 0 Å². The fourth-order valence-electron chi connectivity index (χ4n) is 2.13. The third kappa shape index (κ3) is 2.22. The number of hydrogen-bond acceptors (Lipinski definition) is 2. The zero-order valence-electron chi connectivity index (χ0n) is 9.58. The summed E-state index contributed by atoms with van der Waals surface area (Å²) in [5.41, 5.74) is 3.16. The normalized spacial score (nSPS) is 16.8. The van der Waals surface area contributed by atoms with E-state index in [0.29, 0.717) is 0 Å². The Morgan fingerprint density at radius 1 is 1.12 bits per heavy atom. The van der Waals surface area contributed by atoms with Crippen molar-refractivity contribution in [1.29, 1.82) is 0 Å². The molecule has 1 N–H and O–H groups in total. The molecular formula is C15H15NO. The van der Waals surface area contributed by atoms with E-state index in [1.165, 1.54) is 18.4 Å². The summed E-state index contributed by atoms with van der Waals surface area (Å²) in [7, 11) is 0. The van der Waals surface area contributed by atoms with Crippen LogP contribution < -0.4 is 0 Å². The molecule has 1 aromatic carbocycles. The molecule has 1 unspecified atom stereocenters. The van der Waals surface area contributed by atoms with E-state index in [9.17, 15) is 5.11 Å². The second kappa shape index (κ2) is 4.30. The lowest BCUT2D eigenvalue weighted by atomic mass is 9.99. The lowest BCUT2D eigenvalue weighted by Crippen LogP contribution is -2.00. The van der Waals surface area contributed by atoms with Gasteiger partial charge in [-0.05, 0) is 36.0 Å². The highest BCUT2D eigenvalue weighted by atomic mass is 16.3. The largest absolute Gasteiger partial charge is 0.384 e. The quantitative estimate of drug-likeness (QED) is 0.871. The summed E-state index contributed by atoms with van der Waals surface area (Å²) in [5.74, 6) is 0.719. The van der Waals surface area contributed by atoms with Gasteiger partial charge in [0.1, 0.15) is 6.10 Å². The fraction of sp³-hybridized carbons (Fsp3) is 0.267. The summed E-state index contributed by atoms with van der Waals surface area (Å²) < 4.78 is 0. The van der Waals surface area contributed by atoms with Gasteiger partial charge in [-0.2, -0.15) is 0 Å². The van der Waals surface area contributed by atoms with E-state index >= 15 is 0 Å². The van der Waals surface area contributed by atoms with E-state index in [4.69, 9.17) is 0 Å². The Kier molecular flexibility index (Phi) is 2.65. The topological polar surface area (TPSA) is 33.1 Å². The van der Waals surface area contributed by atoms with Crippen molar-refractivity contribution < 1.29 is 5.11 Å². The summed E-state index contributed by atoms with van der Waals surface area (Å²) in [4.78, 5) is 4.04. The summed E-state index contributed by atoms with van der Waals surface area (Å²) >= 11 is 0. The molecule has 1 fully saturated rings. The molecule has 2 nitrogen and oxygen atoms in total. The highest BCUT2D eigenvalue weighted by molar-refractivity contribution is 5.34. The van der Waals surface area contributed by atoms with Crippen molar-refractivity contribution in [3.05, 3.63) is 65.5 Å². The standard InChI is InChI=1S/C15H15NO/c17-15(14-5-2-8-16-10-14)13-4-1-3-12(9-13)11-6-7-11/h1-5,8-11,15,17H,6-7H2. The smallest absolute Gasteiger partial charge is 0.106 e. The monoisotopic (exact) mass is 225 g/mol. The maximum Gasteiger partial charge on any atom is 0.106 e. The summed E-state index contributed by atoms with van der Waals surface area (Å²) in [6.07, 6.45) is 5.44. The first-order chi connectivity index (χ1) is 8.34. The van der Waals surface area contributed by atoms with Gasteiger partial charge in [0.15, 0.2) is 0 Å². The van der Waals surface area contributed by atoms with Gasteiger partial charge in [0.25, 0.3) is 0 Å². The van der Waals surface area contributed by atoms with Gasteiger partial charge >= 0.3 is 0 Å². The van der Waals surface area contributed by atoms with E-state index in [2.05, 4.69) is 17.1 Å². The molecule has 2 heteroatoms. The van der Waals surface area contributed by atoms with Crippen LogP contribution in [0.4, 0.5) is 0 Å². The lowest BCUT2D eigenvalue weighted by Gasteiger charge is -2.12. The van der Waals surface area contributed by atoms with Crippen molar-refractivity contribution in [3.63, 3.8) is 0 Å². The minimum atomic E-state index is -0.567. The Morgan fingerprint density at radius 2 is 1.94 bits per heavy atom. The third-order valence-corrected chi connectivity index (χ3v) is 3.28. The average molecular weight is 225 g/mol. The van der Waals surface area contributed by atoms with Gasteiger partial charge in [0.05, 0.1) is 0 Å². The molecule has 0 bridgehead atoms. The molecule has 0 radical (unpaired) electrons. The number of rotatable bonds is 3. The number of benzene rings is 1. The second-order valence-electron chi connectivity index (χ2n) is 4.63. The van der Waals surface area contributed by atoms with Crippen LogP contribution in [0.3, 0.4) is 0 Å². The molecule has 1 aliphatic carbocycles. The number of hydrogen-bond donors (Lipinski definition) is 1. The first kappa shape index (κ1) is 10.5. The molecule has 3 rings (SSSR count). The van der Waals surface area contributed by atoms with E-state index in [1.54, 1.807) is 12.4 Å². The molecule has 2 aromatic rings. The minimum Gasteiger partial charge on any atom is -0.384 e. The van der Waals surface area contributed by atoms with Crippen LogP contribution in [0.15, 0.2) is 48.8 Å². The van der Waals surface area contributed by atoms with Gasteiger partial charge in [-0.15, -0.1) is 0 Å². The van der Waals surface area contributed by atoms with Crippen molar-refractivity contribution in [2.75, 3.05) is 0 Å². The maximum absolute atomic E-state index is 10.3. The molecule has 1 atom stereocenters. The van der Waals surface area contributed by atoms with Crippen LogP contribution in [0.5, 0.6) is 0 Å². The zero-order chi connectivity index (χ0) is 11.7. The molecule has 86 valence electrons. The Balaban J connectivity index is 1.90. The van der Waals surface area contributed by atoms with Crippen LogP contribution in [0.2, 0.25) is 0 Å². The third-order valence-electron chi connectivity index (χ3n) is 3.28. The van der Waals surface area contributed by atoms with Crippen LogP contribution in [-0.2, 0) is 0 Å². The molecule has 1 heterocycles. The predicted octanol–water partition coefficient (Wildman–Crippen LogP) is 3.04. The molecule has 0 saturated heterocycles. The number of pyridine rings is 1. The SMILES string of the molecule is OC(c1cccnc1)c1cccc(C2CC2)c1. The van der Waals surface area contributed by atoms with Crippen LogP contribution >= 0.6 is 0 Å². The van der Waals surface area contributed by atoms with Crippen molar-refractivity contribution in [1.82, 2.24) is 4.98 Å². The van der Waals surface area contributed by atoms with Gasteiger partial charge in [-0.3, -0.25) is 4.98 Å². The summed E-state index contributed by atoms with van der Waals surface area (Å²) in [6, 6.07) is 12.0. The molecule has 0 amide bonds. The Labute approximate surface area is 101 Å². The van der Waals surface area contributed by atoms with Crippen LogP contribution in [-0.4, -0.2) is 10.1 Å². The van der Waals surface area contributed by atoms with E-state index in [0.717, 1.165) is 17.0 Å². The van der Waals surface area contributed by atoms with E-state index < -0.39 is 6.10 Å². The molecule has 1 aromatic heterocycles. The maximum atomic E-state index is 10.3. The summed E-state index contributed by atoms with van der Waals surface area (Å²) in [5, 5.41) is 10.3. The van der Waals surface area contributed by atoms with Crippen molar-refractivity contribution in [2.45, 2.75) is 24.9 Å². The Morgan fingerprint density at radius 3 is 2.65 bits per heavy atom. The van der Waals surface area contributed by atoms with Crippen molar-refractivity contribution in [2.24, 2.45) is 0 Å². The Bertz CT molecular complexity index is 505. The average Bonchev–Trinajstić information content (AvgIpc) is 3.23. The number of aliphatic hydroxyl groups excluding tert-OH is 1. The van der Waals surface area contributed by atoms with Crippen LogP contribution in [0, 0.1) is 0 Å². The predicted molar refractivity (Wildman–Crippen MR) is 66.7 cm³/mol. The zero-order valence-corrected chi connectivity index (χ0v) is 9.58. The van der Waals surface area contributed by atoms with Gasteiger partial charge in [-0.1, -0.05) is 30.3 Å². The van der Waals surface area contributed by atoms with E-state index in [1.807, 2.05) is 24.3 Å². The molecular weight excluding hydrogens is 210 g/mol. The fourth-order valence-corrected chi connectivity index (χ4v) is 2.13. The van der Waals surface area contributed by atoms with Gasteiger partial charge in [-0.25, -0.2) is 0 Å². The van der Waals surface area contributed by atoms with Crippen LogP contribution in [0.25, 0.3) is 0 Å². The van der Waals surface area contributed by atoms with Crippen molar-refractivity contribution in [3.8, 4) is 0 Å². The molecule has 0 aliphatic heterocycles. The van der Waals surface area contributed by atoms with Gasteiger partial charge < -0.3 is 5.11 Å². The highest BCUT2D eigenvalue weighted by Crippen LogP contribution is 2.40.